The van der Waals surface area contributed by atoms with Crippen LogP contribution in [0.1, 0.15) is 22.8 Å². The predicted molar refractivity (Wildman–Crippen MR) is 138 cm³/mol. The summed E-state index contributed by atoms with van der Waals surface area (Å²) in [6, 6.07) is 15.1. The number of amides is 2. The van der Waals surface area contributed by atoms with E-state index in [1.54, 1.807) is 24.3 Å². The Morgan fingerprint density at radius 2 is 1.68 bits per heavy atom. The first-order valence-corrected chi connectivity index (χ1v) is 12.4. The van der Waals surface area contributed by atoms with E-state index in [9.17, 15) is 22.8 Å². The molecule has 0 saturated carbocycles. The summed E-state index contributed by atoms with van der Waals surface area (Å²) >= 11 is 1.45. The largest absolute Gasteiger partial charge is 0.493 e. The number of hydrogen-bond donors (Lipinski definition) is 1. The summed E-state index contributed by atoms with van der Waals surface area (Å²) in [5, 5.41) is 2.13. The van der Waals surface area contributed by atoms with E-state index >= 15 is 0 Å². The fourth-order valence-electron chi connectivity index (χ4n) is 4.14. The number of hydrogen-bond acceptors (Lipinski definition) is 6. The minimum absolute atomic E-state index is 0.00921. The van der Waals surface area contributed by atoms with Crippen molar-refractivity contribution in [3.05, 3.63) is 71.8 Å². The van der Waals surface area contributed by atoms with E-state index in [0.717, 1.165) is 22.6 Å². The van der Waals surface area contributed by atoms with Crippen LogP contribution < -0.4 is 24.4 Å². The second kappa shape index (κ2) is 11.3. The van der Waals surface area contributed by atoms with Gasteiger partial charge in [-0.25, -0.2) is 0 Å². The predicted octanol–water partition coefficient (Wildman–Crippen LogP) is 5.94. The van der Waals surface area contributed by atoms with E-state index in [1.807, 2.05) is 12.1 Å². The summed E-state index contributed by atoms with van der Waals surface area (Å²) in [7, 11) is 4.52. The molecule has 1 N–H and O–H groups in total. The Morgan fingerprint density at radius 3 is 2.32 bits per heavy atom. The van der Waals surface area contributed by atoms with Gasteiger partial charge < -0.3 is 24.4 Å². The van der Waals surface area contributed by atoms with Gasteiger partial charge in [-0.05, 0) is 48.0 Å². The molecule has 4 rings (SSSR count). The Balaban J connectivity index is 1.61. The van der Waals surface area contributed by atoms with Gasteiger partial charge in [-0.2, -0.15) is 13.2 Å². The van der Waals surface area contributed by atoms with Crippen molar-refractivity contribution in [3.8, 4) is 17.2 Å². The van der Waals surface area contributed by atoms with Crippen LogP contribution in [0.3, 0.4) is 0 Å². The van der Waals surface area contributed by atoms with Crippen molar-refractivity contribution in [1.82, 2.24) is 0 Å². The first-order valence-electron chi connectivity index (χ1n) is 11.5. The van der Waals surface area contributed by atoms with Gasteiger partial charge in [0.2, 0.25) is 17.6 Å². The van der Waals surface area contributed by atoms with E-state index in [2.05, 4.69) is 5.32 Å². The van der Waals surface area contributed by atoms with Gasteiger partial charge in [0.1, 0.15) is 6.54 Å². The molecule has 0 spiro atoms. The third-order valence-electron chi connectivity index (χ3n) is 5.92. The number of halogens is 3. The van der Waals surface area contributed by atoms with E-state index in [1.165, 1.54) is 50.1 Å². The highest BCUT2D eigenvalue weighted by molar-refractivity contribution is 7.99. The smallest absolute Gasteiger partial charge is 0.416 e. The first kappa shape index (κ1) is 27.2. The zero-order chi connectivity index (χ0) is 27.4. The van der Waals surface area contributed by atoms with Gasteiger partial charge in [0.25, 0.3) is 0 Å². The number of methoxy groups -OCH3 is 3. The maximum atomic E-state index is 13.5. The number of nitrogens with one attached hydrogen (secondary N) is 1. The van der Waals surface area contributed by atoms with Gasteiger partial charge >= 0.3 is 6.18 Å². The topological polar surface area (TPSA) is 77.1 Å². The lowest BCUT2D eigenvalue weighted by Gasteiger charge is -2.22. The molecular formula is C27H25F3N2O5S. The number of carbonyl (C=O) groups excluding carboxylic acids is 2. The molecule has 200 valence electrons. The molecule has 1 aliphatic rings. The van der Waals surface area contributed by atoms with Crippen LogP contribution >= 0.6 is 11.8 Å². The van der Waals surface area contributed by atoms with Crippen molar-refractivity contribution in [2.75, 3.05) is 38.1 Å². The standard InChI is InChI=1S/C27H25F3N2O5S/c1-35-20-11-16(12-21(36-2)26(20)37-3)23-14-25(34)32(19-9-4-5-10-22(19)38-23)15-24(33)31-18-8-6-7-17(13-18)27(28,29)30/h4-13,23H,14-15H2,1-3H3,(H,31,33). The lowest BCUT2D eigenvalue weighted by molar-refractivity contribution is -0.137. The molecule has 1 atom stereocenters. The van der Waals surface area contributed by atoms with Crippen molar-refractivity contribution < 1.29 is 37.0 Å². The second-order valence-electron chi connectivity index (χ2n) is 8.34. The highest BCUT2D eigenvalue weighted by Crippen LogP contribution is 2.49. The molecule has 0 fully saturated rings. The summed E-state index contributed by atoms with van der Waals surface area (Å²) < 4.78 is 55.5. The van der Waals surface area contributed by atoms with Gasteiger partial charge in [-0.1, -0.05) is 18.2 Å². The van der Waals surface area contributed by atoms with Crippen LogP contribution in [-0.4, -0.2) is 39.7 Å². The summed E-state index contributed by atoms with van der Waals surface area (Å²) in [6.45, 7) is -0.366. The molecule has 1 heterocycles. The SMILES string of the molecule is COc1cc(C2CC(=O)N(CC(=O)Nc3cccc(C(F)(F)F)c3)c3ccccc3S2)cc(OC)c1OC. The molecule has 3 aromatic carbocycles. The van der Waals surface area contributed by atoms with Crippen LogP contribution in [0.5, 0.6) is 17.2 Å². The Morgan fingerprint density at radius 1 is 1.00 bits per heavy atom. The highest BCUT2D eigenvalue weighted by Gasteiger charge is 2.33. The number of thioether (sulfide) groups is 1. The summed E-state index contributed by atoms with van der Waals surface area (Å²) in [5.41, 5.74) is 0.417. The fraction of sp³-hybridized carbons (Fsp3) is 0.259. The van der Waals surface area contributed by atoms with Crippen LogP contribution in [0.15, 0.2) is 65.6 Å². The van der Waals surface area contributed by atoms with Crippen molar-refractivity contribution in [1.29, 1.82) is 0 Å². The number of alkyl halides is 3. The molecule has 0 aliphatic carbocycles. The number of rotatable bonds is 7. The normalized spacial score (nSPS) is 15.4. The zero-order valence-corrected chi connectivity index (χ0v) is 21.6. The minimum atomic E-state index is -4.54. The monoisotopic (exact) mass is 546 g/mol. The van der Waals surface area contributed by atoms with Crippen LogP contribution in [0.2, 0.25) is 0 Å². The van der Waals surface area contributed by atoms with Crippen molar-refractivity contribution in [2.45, 2.75) is 22.7 Å². The number of fused-ring (bicyclic) bond motifs is 1. The summed E-state index contributed by atoms with van der Waals surface area (Å²) in [5.74, 6) is 0.385. The van der Waals surface area contributed by atoms with E-state index in [-0.39, 0.29) is 29.8 Å². The number of anilines is 2. The molecule has 3 aromatic rings. The van der Waals surface area contributed by atoms with E-state index in [4.69, 9.17) is 14.2 Å². The molecular weight excluding hydrogens is 521 g/mol. The Kier molecular flexibility index (Phi) is 8.05. The summed E-state index contributed by atoms with van der Waals surface area (Å²) in [4.78, 5) is 28.4. The van der Waals surface area contributed by atoms with Crippen LogP contribution in [0.25, 0.3) is 0 Å². The van der Waals surface area contributed by atoms with Crippen LogP contribution in [0, 0.1) is 0 Å². The van der Waals surface area contributed by atoms with Gasteiger partial charge in [-0.3, -0.25) is 9.59 Å². The summed E-state index contributed by atoms with van der Waals surface area (Å²) in [6.07, 6.45) is -4.49. The van der Waals surface area contributed by atoms with Crippen molar-refractivity contribution in [2.24, 2.45) is 0 Å². The molecule has 0 radical (unpaired) electrons. The van der Waals surface area contributed by atoms with E-state index < -0.39 is 17.6 Å². The van der Waals surface area contributed by atoms with Gasteiger partial charge in [0, 0.05) is 22.3 Å². The average molecular weight is 547 g/mol. The Labute approximate surface area is 221 Å². The molecule has 0 bridgehead atoms. The maximum absolute atomic E-state index is 13.5. The number of nitrogens with zero attached hydrogens (tertiary/aromatic N) is 1. The quantitative estimate of drug-likeness (QED) is 0.395. The maximum Gasteiger partial charge on any atom is 0.416 e. The number of para-hydroxylation sites is 1. The zero-order valence-electron chi connectivity index (χ0n) is 20.8. The number of ether oxygens (including phenoxy) is 3. The second-order valence-corrected chi connectivity index (χ2v) is 9.59. The third-order valence-corrected chi connectivity index (χ3v) is 7.24. The lowest BCUT2D eigenvalue weighted by atomic mass is 10.1. The van der Waals surface area contributed by atoms with Crippen molar-refractivity contribution in [3.63, 3.8) is 0 Å². The van der Waals surface area contributed by atoms with Gasteiger partial charge in [-0.15, -0.1) is 11.8 Å². The lowest BCUT2D eigenvalue weighted by Crippen LogP contribution is -2.38. The van der Waals surface area contributed by atoms with Crippen LogP contribution in [0.4, 0.5) is 24.5 Å². The van der Waals surface area contributed by atoms with Gasteiger partial charge in [0.05, 0.1) is 32.6 Å². The average Bonchev–Trinajstić information content (AvgIpc) is 3.03. The Bertz CT molecular complexity index is 1320. The molecule has 0 aromatic heterocycles. The molecule has 1 unspecified atom stereocenters. The fourth-order valence-corrected chi connectivity index (χ4v) is 5.40. The van der Waals surface area contributed by atoms with E-state index in [0.29, 0.717) is 22.9 Å². The third kappa shape index (κ3) is 5.83. The minimum Gasteiger partial charge on any atom is -0.493 e. The molecule has 7 nitrogen and oxygen atoms in total. The molecule has 1 aliphatic heterocycles. The highest BCUT2D eigenvalue weighted by atomic mass is 32.2. The number of carbonyl (C=O) groups is 2. The number of benzene rings is 3. The van der Waals surface area contributed by atoms with Crippen molar-refractivity contribution >= 4 is 35.0 Å². The van der Waals surface area contributed by atoms with Gasteiger partial charge in [0.15, 0.2) is 11.5 Å². The Hall–Kier alpha value is -3.86. The molecule has 38 heavy (non-hydrogen) atoms. The first-order chi connectivity index (χ1) is 18.1. The van der Waals surface area contributed by atoms with Crippen LogP contribution in [-0.2, 0) is 15.8 Å². The molecule has 0 saturated heterocycles. The molecule has 2 amide bonds. The molecule has 11 heteroatoms.